The number of fused-ring (bicyclic) bond motifs is 3. The lowest BCUT2D eigenvalue weighted by molar-refractivity contribution is 0.0305. The van der Waals surface area contributed by atoms with Crippen molar-refractivity contribution in [1.82, 2.24) is 0 Å². The van der Waals surface area contributed by atoms with Crippen molar-refractivity contribution in [2.24, 2.45) is 5.41 Å². The third-order valence-corrected chi connectivity index (χ3v) is 6.19. The summed E-state index contributed by atoms with van der Waals surface area (Å²) in [5, 5.41) is 9.48. The number of rotatable bonds is 5. The Kier molecular flexibility index (Phi) is 3.79. The number of hydrogen-bond donors (Lipinski definition) is 1. The fraction of sp³-hybridized carbons (Fsp3) is 0.684. The van der Waals surface area contributed by atoms with Crippen LogP contribution in [-0.4, -0.2) is 5.11 Å². The van der Waals surface area contributed by atoms with Gasteiger partial charge >= 0.3 is 0 Å². The molecule has 0 unspecified atom stereocenters. The molecule has 3 aliphatic rings. The van der Waals surface area contributed by atoms with Crippen molar-refractivity contribution in [2.75, 3.05) is 0 Å². The summed E-state index contributed by atoms with van der Waals surface area (Å²) >= 11 is 0. The summed E-state index contributed by atoms with van der Waals surface area (Å²) in [4.78, 5) is 0. The van der Waals surface area contributed by atoms with Gasteiger partial charge in [0.2, 0.25) is 0 Å². The van der Waals surface area contributed by atoms with Gasteiger partial charge in [0.25, 0.3) is 0 Å². The molecule has 0 saturated heterocycles. The van der Waals surface area contributed by atoms with E-state index in [9.17, 15) is 5.11 Å². The van der Waals surface area contributed by atoms with Crippen LogP contribution in [0.4, 0.5) is 0 Å². The number of phenolic OH excluding ortho intramolecular Hbond substituents is 1. The van der Waals surface area contributed by atoms with Crippen LogP contribution >= 0.6 is 0 Å². The molecule has 3 saturated carbocycles. The molecule has 0 heterocycles. The van der Waals surface area contributed by atoms with Crippen molar-refractivity contribution in [1.29, 1.82) is 0 Å². The highest BCUT2D eigenvalue weighted by Crippen LogP contribution is 2.59. The molecule has 20 heavy (non-hydrogen) atoms. The molecule has 1 aromatic rings. The van der Waals surface area contributed by atoms with Crippen molar-refractivity contribution >= 4 is 0 Å². The second kappa shape index (κ2) is 5.42. The van der Waals surface area contributed by atoms with Gasteiger partial charge in [-0.25, -0.2) is 0 Å². The Labute approximate surface area is 123 Å². The highest BCUT2D eigenvalue weighted by molar-refractivity contribution is 5.33. The predicted molar refractivity (Wildman–Crippen MR) is 84.1 cm³/mol. The fourth-order valence-corrected chi connectivity index (χ4v) is 4.64. The molecule has 1 aromatic carbocycles. The van der Waals surface area contributed by atoms with E-state index >= 15 is 0 Å². The maximum absolute atomic E-state index is 9.48. The van der Waals surface area contributed by atoms with E-state index < -0.39 is 0 Å². The van der Waals surface area contributed by atoms with Gasteiger partial charge in [0.1, 0.15) is 5.75 Å². The SMILES string of the molecule is CCCCCC12CCC(c3ccc(O)cc3)(CC1)CC2. The van der Waals surface area contributed by atoms with Crippen molar-refractivity contribution < 1.29 is 5.11 Å². The summed E-state index contributed by atoms with van der Waals surface area (Å²) in [6.45, 7) is 2.30. The Balaban J connectivity index is 1.68. The first-order chi connectivity index (χ1) is 9.68. The Morgan fingerprint density at radius 1 is 0.900 bits per heavy atom. The summed E-state index contributed by atoms with van der Waals surface area (Å²) < 4.78 is 0. The largest absolute Gasteiger partial charge is 0.508 e. The standard InChI is InChI=1S/C19H28O/c1-2-3-4-9-18-10-13-19(14-11-18,15-12-18)16-5-7-17(20)8-6-16/h5-8,20H,2-4,9-15H2,1H3. The second-order valence-electron chi connectivity index (χ2n) is 7.28. The molecule has 0 amide bonds. The van der Waals surface area contributed by atoms with Gasteiger partial charge in [-0.1, -0.05) is 38.3 Å². The molecular weight excluding hydrogens is 244 g/mol. The number of hydrogen-bond acceptors (Lipinski definition) is 1. The van der Waals surface area contributed by atoms with Crippen LogP contribution in [0.3, 0.4) is 0 Å². The van der Waals surface area contributed by atoms with Crippen LogP contribution in [0.1, 0.15) is 76.7 Å². The van der Waals surface area contributed by atoms with E-state index in [2.05, 4.69) is 19.1 Å². The molecule has 3 aliphatic carbocycles. The van der Waals surface area contributed by atoms with E-state index in [1.807, 2.05) is 12.1 Å². The highest BCUT2D eigenvalue weighted by atomic mass is 16.3. The minimum atomic E-state index is 0.394. The molecule has 110 valence electrons. The number of benzene rings is 1. The predicted octanol–water partition coefficient (Wildman–Crippen LogP) is 5.56. The van der Waals surface area contributed by atoms with Gasteiger partial charge in [0, 0.05) is 0 Å². The van der Waals surface area contributed by atoms with E-state index in [4.69, 9.17) is 0 Å². The first-order valence-corrected chi connectivity index (χ1v) is 8.48. The molecule has 0 spiro atoms. The first kappa shape index (κ1) is 14.0. The van der Waals surface area contributed by atoms with Gasteiger partial charge in [0.05, 0.1) is 0 Å². The van der Waals surface area contributed by atoms with Crippen LogP contribution in [0.2, 0.25) is 0 Å². The van der Waals surface area contributed by atoms with Crippen LogP contribution in [0.15, 0.2) is 24.3 Å². The summed E-state index contributed by atoms with van der Waals surface area (Å²) in [6, 6.07) is 8.04. The van der Waals surface area contributed by atoms with Gasteiger partial charge < -0.3 is 5.11 Å². The third-order valence-electron chi connectivity index (χ3n) is 6.19. The minimum absolute atomic E-state index is 0.394. The zero-order valence-corrected chi connectivity index (χ0v) is 12.8. The monoisotopic (exact) mass is 272 g/mol. The zero-order chi connectivity index (χ0) is 14.1. The van der Waals surface area contributed by atoms with E-state index in [1.54, 1.807) is 0 Å². The van der Waals surface area contributed by atoms with E-state index in [0.717, 1.165) is 0 Å². The first-order valence-electron chi connectivity index (χ1n) is 8.48. The molecule has 0 aromatic heterocycles. The van der Waals surface area contributed by atoms with E-state index in [-0.39, 0.29) is 0 Å². The number of unbranched alkanes of at least 4 members (excludes halogenated alkanes) is 2. The Bertz CT molecular complexity index is 421. The quantitative estimate of drug-likeness (QED) is 0.695. The van der Waals surface area contributed by atoms with Crippen molar-refractivity contribution in [3.8, 4) is 5.75 Å². The van der Waals surface area contributed by atoms with Crippen LogP contribution in [0, 0.1) is 5.41 Å². The van der Waals surface area contributed by atoms with Crippen LogP contribution in [0.5, 0.6) is 5.75 Å². The molecular formula is C19H28O. The molecule has 0 radical (unpaired) electrons. The van der Waals surface area contributed by atoms with Crippen molar-refractivity contribution in [3.63, 3.8) is 0 Å². The van der Waals surface area contributed by atoms with Crippen LogP contribution in [-0.2, 0) is 5.41 Å². The lowest BCUT2D eigenvalue weighted by Crippen LogP contribution is -2.44. The lowest BCUT2D eigenvalue weighted by atomic mass is 9.51. The Morgan fingerprint density at radius 3 is 2.05 bits per heavy atom. The maximum atomic E-state index is 9.48. The van der Waals surface area contributed by atoms with Gasteiger partial charge in [-0.3, -0.25) is 0 Å². The number of phenols is 1. The zero-order valence-electron chi connectivity index (χ0n) is 12.8. The molecule has 0 aliphatic heterocycles. The number of aromatic hydroxyl groups is 1. The highest BCUT2D eigenvalue weighted by Gasteiger charge is 2.48. The molecule has 1 N–H and O–H groups in total. The topological polar surface area (TPSA) is 20.2 Å². The van der Waals surface area contributed by atoms with Crippen molar-refractivity contribution in [3.05, 3.63) is 29.8 Å². The van der Waals surface area contributed by atoms with Gasteiger partial charge in [-0.15, -0.1) is 0 Å². The fourth-order valence-electron chi connectivity index (χ4n) is 4.64. The molecule has 1 nitrogen and oxygen atoms in total. The van der Waals surface area contributed by atoms with Crippen LogP contribution in [0.25, 0.3) is 0 Å². The Morgan fingerprint density at radius 2 is 1.50 bits per heavy atom. The normalized spacial score (nSPS) is 32.5. The average molecular weight is 272 g/mol. The lowest BCUT2D eigenvalue weighted by Gasteiger charge is -2.54. The maximum Gasteiger partial charge on any atom is 0.115 e. The smallest absolute Gasteiger partial charge is 0.115 e. The molecule has 3 fully saturated rings. The summed E-state index contributed by atoms with van der Waals surface area (Å²) in [5.41, 5.74) is 2.59. The molecule has 1 heteroatoms. The van der Waals surface area contributed by atoms with Gasteiger partial charge in [0.15, 0.2) is 0 Å². The summed E-state index contributed by atoms with van der Waals surface area (Å²) in [7, 11) is 0. The minimum Gasteiger partial charge on any atom is -0.508 e. The Hall–Kier alpha value is -0.980. The molecule has 2 bridgehead atoms. The van der Waals surface area contributed by atoms with Crippen molar-refractivity contribution in [2.45, 2.75) is 76.5 Å². The van der Waals surface area contributed by atoms with E-state index in [0.29, 0.717) is 16.6 Å². The molecule has 0 atom stereocenters. The molecule has 4 rings (SSSR count). The van der Waals surface area contributed by atoms with Gasteiger partial charge in [-0.2, -0.15) is 0 Å². The average Bonchev–Trinajstić information content (AvgIpc) is 2.50. The van der Waals surface area contributed by atoms with Crippen LogP contribution < -0.4 is 0 Å². The van der Waals surface area contributed by atoms with Gasteiger partial charge in [-0.05, 0) is 73.5 Å². The third kappa shape index (κ3) is 2.47. The summed E-state index contributed by atoms with van der Waals surface area (Å²) in [6.07, 6.45) is 14.0. The second-order valence-corrected chi connectivity index (χ2v) is 7.28. The van der Waals surface area contributed by atoms with E-state index in [1.165, 1.54) is 69.8 Å². The summed E-state index contributed by atoms with van der Waals surface area (Å²) in [5.74, 6) is 0.394.